The highest BCUT2D eigenvalue weighted by Gasteiger charge is 2.09. The van der Waals surface area contributed by atoms with Gasteiger partial charge >= 0.3 is 0 Å². The smallest absolute Gasteiger partial charge is 0.126 e. The fraction of sp³-hybridized carbons (Fsp3) is 0.357. The molecule has 0 aliphatic heterocycles. The summed E-state index contributed by atoms with van der Waals surface area (Å²) in [5.74, 6) is -1.07. The number of halogens is 3. The van der Waals surface area contributed by atoms with E-state index in [2.05, 4.69) is 26.3 Å². The molecule has 108 valence electrons. The minimum absolute atomic E-state index is 0.537. The molecule has 2 aromatic rings. The summed E-state index contributed by atoms with van der Waals surface area (Å²) in [5.41, 5.74) is 2.64. The molecule has 0 aliphatic rings. The largest absolute Gasteiger partial charge is 0.311 e. The van der Waals surface area contributed by atoms with Gasteiger partial charge in [0.05, 0.1) is 15.9 Å². The van der Waals surface area contributed by atoms with Crippen LogP contribution >= 0.6 is 15.9 Å². The lowest BCUT2D eigenvalue weighted by atomic mass is 10.1. The molecule has 3 nitrogen and oxygen atoms in total. The molecule has 1 aromatic heterocycles. The molecule has 20 heavy (non-hydrogen) atoms. The minimum Gasteiger partial charge on any atom is -0.311 e. The van der Waals surface area contributed by atoms with Crippen LogP contribution in [0.2, 0.25) is 0 Å². The van der Waals surface area contributed by atoms with Gasteiger partial charge in [-0.25, -0.2) is 8.78 Å². The SMILES string of the molecule is Cc1nn(C)c(CNCCc2cc(F)cc(F)c2)c1Br. The van der Waals surface area contributed by atoms with E-state index < -0.39 is 11.6 Å². The average molecular weight is 344 g/mol. The van der Waals surface area contributed by atoms with Gasteiger partial charge in [0.15, 0.2) is 0 Å². The summed E-state index contributed by atoms with van der Waals surface area (Å²) in [5, 5.41) is 7.55. The van der Waals surface area contributed by atoms with Gasteiger partial charge in [-0.05, 0) is 53.5 Å². The highest BCUT2D eigenvalue weighted by Crippen LogP contribution is 2.19. The Hall–Kier alpha value is -1.27. The van der Waals surface area contributed by atoms with E-state index in [0.29, 0.717) is 25.1 Å². The van der Waals surface area contributed by atoms with Gasteiger partial charge in [-0.3, -0.25) is 4.68 Å². The normalized spacial score (nSPS) is 11.1. The zero-order valence-electron chi connectivity index (χ0n) is 11.4. The second-order valence-electron chi connectivity index (χ2n) is 4.67. The highest BCUT2D eigenvalue weighted by atomic mass is 79.9. The van der Waals surface area contributed by atoms with Gasteiger partial charge in [0, 0.05) is 19.7 Å². The quantitative estimate of drug-likeness (QED) is 0.845. The van der Waals surface area contributed by atoms with Crippen LogP contribution in [0, 0.1) is 18.6 Å². The van der Waals surface area contributed by atoms with E-state index in [-0.39, 0.29) is 0 Å². The predicted octanol–water partition coefficient (Wildman–Crippen LogP) is 3.10. The van der Waals surface area contributed by atoms with Crippen LogP contribution in [0.1, 0.15) is 17.0 Å². The van der Waals surface area contributed by atoms with Gasteiger partial charge in [-0.2, -0.15) is 5.10 Å². The van der Waals surface area contributed by atoms with E-state index in [9.17, 15) is 8.78 Å². The number of hydrogen-bond acceptors (Lipinski definition) is 2. The van der Waals surface area contributed by atoms with Crippen LogP contribution in [-0.4, -0.2) is 16.3 Å². The first-order chi connectivity index (χ1) is 9.47. The third-order valence-corrected chi connectivity index (χ3v) is 4.10. The zero-order valence-corrected chi connectivity index (χ0v) is 13.0. The number of nitrogens with zero attached hydrogens (tertiary/aromatic N) is 2. The summed E-state index contributed by atoms with van der Waals surface area (Å²) in [7, 11) is 1.89. The van der Waals surface area contributed by atoms with Gasteiger partial charge in [0.25, 0.3) is 0 Å². The van der Waals surface area contributed by atoms with E-state index in [1.54, 1.807) is 0 Å². The molecule has 1 N–H and O–H groups in total. The Balaban J connectivity index is 1.87. The Morgan fingerprint density at radius 3 is 2.45 bits per heavy atom. The van der Waals surface area contributed by atoms with Gasteiger partial charge in [-0.15, -0.1) is 0 Å². The van der Waals surface area contributed by atoms with Gasteiger partial charge in [-0.1, -0.05) is 0 Å². The highest BCUT2D eigenvalue weighted by molar-refractivity contribution is 9.10. The number of hydrogen-bond donors (Lipinski definition) is 1. The Bertz CT molecular complexity index is 590. The van der Waals surface area contributed by atoms with E-state index in [0.717, 1.165) is 21.9 Å². The fourth-order valence-electron chi connectivity index (χ4n) is 2.07. The van der Waals surface area contributed by atoms with Crippen LogP contribution in [0.3, 0.4) is 0 Å². The van der Waals surface area contributed by atoms with E-state index in [1.165, 1.54) is 12.1 Å². The molecular weight excluding hydrogens is 328 g/mol. The van der Waals surface area contributed by atoms with Crippen LogP contribution < -0.4 is 5.32 Å². The maximum absolute atomic E-state index is 13.0. The standard InChI is InChI=1S/C14H16BrF2N3/c1-9-14(15)13(20(2)19-9)8-18-4-3-10-5-11(16)7-12(17)6-10/h5-7,18H,3-4,8H2,1-2H3. The number of aromatic nitrogens is 2. The van der Waals surface area contributed by atoms with Crippen LogP contribution in [0.5, 0.6) is 0 Å². The molecule has 0 saturated carbocycles. The van der Waals surface area contributed by atoms with Crippen molar-refractivity contribution in [3.63, 3.8) is 0 Å². The average Bonchev–Trinajstić information content (AvgIpc) is 2.59. The molecule has 0 aliphatic carbocycles. The number of nitrogens with one attached hydrogen (secondary N) is 1. The summed E-state index contributed by atoms with van der Waals surface area (Å²) in [6, 6.07) is 3.59. The number of benzene rings is 1. The summed E-state index contributed by atoms with van der Waals surface area (Å²) in [4.78, 5) is 0. The molecule has 0 spiro atoms. The van der Waals surface area contributed by atoms with Crippen LogP contribution in [0.15, 0.2) is 22.7 Å². The second-order valence-corrected chi connectivity index (χ2v) is 5.47. The maximum atomic E-state index is 13.0. The van der Waals surface area contributed by atoms with Crippen molar-refractivity contribution < 1.29 is 8.78 Å². The van der Waals surface area contributed by atoms with Crippen LogP contribution in [0.4, 0.5) is 8.78 Å². The molecule has 1 aromatic carbocycles. The van der Waals surface area contributed by atoms with E-state index in [1.807, 2.05) is 18.7 Å². The molecule has 0 unspecified atom stereocenters. The van der Waals surface area contributed by atoms with Crippen LogP contribution in [0.25, 0.3) is 0 Å². The summed E-state index contributed by atoms with van der Waals surface area (Å²) in [6.07, 6.45) is 0.573. The lowest BCUT2D eigenvalue weighted by Crippen LogP contribution is -2.19. The molecule has 0 saturated heterocycles. The Labute approximate surface area is 125 Å². The first-order valence-corrected chi connectivity index (χ1v) is 7.10. The monoisotopic (exact) mass is 343 g/mol. The van der Waals surface area contributed by atoms with E-state index >= 15 is 0 Å². The summed E-state index contributed by atoms with van der Waals surface area (Å²) in [6.45, 7) is 3.22. The fourth-order valence-corrected chi connectivity index (χ4v) is 2.54. The van der Waals surface area contributed by atoms with Crippen molar-refractivity contribution >= 4 is 15.9 Å². The Kier molecular flexibility index (Phi) is 4.88. The molecule has 1 heterocycles. The van der Waals surface area contributed by atoms with Crippen molar-refractivity contribution in [1.29, 1.82) is 0 Å². The van der Waals surface area contributed by atoms with Crippen LogP contribution in [-0.2, 0) is 20.0 Å². The molecule has 0 fully saturated rings. The van der Waals surface area contributed by atoms with Crippen molar-refractivity contribution in [3.8, 4) is 0 Å². The molecule has 0 atom stereocenters. The third-order valence-electron chi connectivity index (χ3n) is 3.07. The lowest BCUT2D eigenvalue weighted by Gasteiger charge is -2.06. The third kappa shape index (κ3) is 3.64. The minimum atomic E-state index is -0.537. The number of rotatable bonds is 5. The molecule has 0 bridgehead atoms. The first kappa shape index (κ1) is 15.1. The molecular formula is C14H16BrF2N3. The van der Waals surface area contributed by atoms with Crippen molar-refractivity contribution in [3.05, 3.63) is 51.3 Å². The maximum Gasteiger partial charge on any atom is 0.126 e. The predicted molar refractivity (Wildman–Crippen MR) is 77.4 cm³/mol. The van der Waals surface area contributed by atoms with Crippen molar-refractivity contribution in [2.75, 3.05) is 6.54 Å². The Morgan fingerprint density at radius 2 is 1.90 bits per heavy atom. The van der Waals surface area contributed by atoms with Crippen molar-refractivity contribution in [1.82, 2.24) is 15.1 Å². The van der Waals surface area contributed by atoms with E-state index in [4.69, 9.17) is 0 Å². The molecule has 2 rings (SSSR count). The first-order valence-electron chi connectivity index (χ1n) is 6.31. The molecule has 0 amide bonds. The second kappa shape index (κ2) is 6.45. The topological polar surface area (TPSA) is 29.9 Å². The zero-order chi connectivity index (χ0) is 14.7. The molecule has 6 heteroatoms. The van der Waals surface area contributed by atoms with Gasteiger partial charge < -0.3 is 5.32 Å². The van der Waals surface area contributed by atoms with Gasteiger partial charge in [0.2, 0.25) is 0 Å². The lowest BCUT2D eigenvalue weighted by molar-refractivity contribution is 0.576. The summed E-state index contributed by atoms with van der Waals surface area (Å²) < 4.78 is 28.9. The molecule has 0 radical (unpaired) electrons. The Morgan fingerprint density at radius 1 is 1.25 bits per heavy atom. The van der Waals surface area contributed by atoms with Gasteiger partial charge in [0.1, 0.15) is 11.6 Å². The number of aryl methyl sites for hydroxylation is 2. The summed E-state index contributed by atoms with van der Waals surface area (Å²) >= 11 is 3.49. The van der Waals surface area contributed by atoms with Crippen molar-refractivity contribution in [2.24, 2.45) is 7.05 Å². The van der Waals surface area contributed by atoms with Crippen molar-refractivity contribution in [2.45, 2.75) is 19.9 Å².